The number of carbonyl (C=O) groups is 2. The first-order chi connectivity index (χ1) is 15.6. The van der Waals surface area contributed by atoms with Crippen LogP contribution in [0.4, 0.5) is 15.8 Å². The zero-order valence-corrected chi connectivity index (χ0v) is 17.7. The van der Waals surface area contributed by atoms with Crippen LogP contribution in [0.15, 0.2) is 84.9 Å². The smallest absolute Gasteiger partial charge is 0.246 e. The summed E-state index contributed by atoms with van der Waals surface area (Å²) in [6.45, 7) is 1.26. The predicted octanol–water partition coefficient (Wildman–Crippen LogP) is 4.86. The maximum absolute atomic E-state index is 13.2. The third-order valence-corrected chi connectivity index (χ3v) is 5.78. The number of rotatable bonds is 6. The summed E-state index contributed by atoms with van der Waals surface area (Å²) >= 11 is 0. The monoisotopic (exact) mass is 431 g/mol. The van der Waals surface area contributed by atoms with E-state index in [1.165, 1.54) is 12.1 Å². The van der Waals surface area contributed by atoms with Crippen molar-refractivity contribution >= 4 is 23.2 Å². The lowest BCUT2D eigenvalue weighted by Gasteiger charge is -2.36. The van der Waals surface area contributed by atoms with Crippen LogP contribution in [-0.2, 0) is 9.59 Å². The number of piperidine rings is 1. The molecule has 3 aromatic rings. The Balaban J connectivity index is 1.44. The van der Waals surface area contributed by atoms with Gasteiger partial charge >= 0.3 is 0 Å². The third-order valence-electron chi connectivity index (χ3n) is 5.78. The number of nitrogens with one attached hydrogen (secondary N) is 2. The van der Waals surface area contributed by atoms with Gasteiger partial charge in [-0.2, -0.15) is 0 Å². The molecule has 1 fully saturated rings. The van der Waals surface area contributed by atoms with Gasteiger partial charge in [-0.15, -0.1) is 0 Å². The van der Waals surface area contributed by atoms with Crippen molar-refractivity contribution in [3.8, 4) is 0 Å². The summed E-state index contributed by atoms with van der Waals surface area (Å²) in [7, 11) is 0. The molecular weight excluding hydrogens is 405 g/mol. The number of hydrogen-bond donors (Lipinski definition) is 2. The average molecular weight is 432 g/mol. The third kappa shape index (κ3) is 5.39. The van der Waals surface area contributed by atoms with E-state index < -0.39 is 6.04 Å². The lowest BCUT2D eigenvalue weighted by atomic mass is 9.93. The van der Waals surface area contributed by atoms with Crippen LogP contribution in [0.5, 0.6) is 0 Å². The molecule has 32 heavy (non-hydrogen) atoms. The maximum Gasteiger partial charge on any atom is 0.246 e. The molecule has 1 heterocycles. The van der Waals surface area contributed by atoms with Crippen molar-refractivity contribution in [2.75, 3.05) is 23.7 Å². The fourth-order valence-electron chi connectivity index (χ4n) is 4.09. The van der Waals surface area contributed by atoms with E-state index in [0.717, 1.165) is 11.3 Å². The Morgan fingerprint density at radius 3 is 1.97 bits per heavy atom. The first-order valence-corrected chi connectivity index (χ1v) is 10.8. The van der Waals surface area contributed by atoms with Crippen molar-refractivity contribution in [3.63, 3.8) is 0 Å². The minimum absolute atomic E-state index is 0.0166. The van der Waals surface area contributed by atoms with Crippen LogP contribution < -0.4 is 10.6 Å². The summed E-state index contributed by atoms with van der Waals surface area (Å²) in [4.78, 5) is 28.0. The Bertz CT molecular complexity index is 1030. The molecule has 0 aliphatic carbocycles. The molecule has 1 aliphatic heterocycles. The zero-order valence-electron chi connectivity index (χ0n) is 17.7. The van der Waals surface area contributed by atoms with Gasteiger partial charge in [0.25, 0.3) is 0 Å². The molecule has 2 amide bonds. The molecule has 6 heteroatoms. The van der Waals surface area contributed by atoms with Crippen molar-refractivity contribution in [3.05, 3.63) is 96.3 Å². The quantitative estimate of drug-likeness (QED) is 0.586. The molecule has 0 spiro atoms. The standard InChI is InChI=1S/C26H26FN3O2/c27-21-11-13-23(14-12-21)29-26(32)24(19-7-3-1-4-8-19)30-17-15-20(16-18-30)25(31)28-22-9-5-2-6-10-22/h1-14,20,24H,15-18H2,(H,28,31)(H,29,32)/t24-/m1/s1. The molecule has 1 saturated heterocycles. The molecule has 2 N–H and O–H groups in total. The molecule has 0 aromatic heterocycles. The van der Waals surface area contributed by atoms with E-state index >= 15 is 0 Å². The van der Waals surface area contributed by atoms with Crippen LogP contribution in [0.2, 0.25) is 0 Å². The molecule has 0 radical (unpaired) electrons. The van der Waals surface area contributed by atoms with Crippen molar-refractivity contribution < 1.29 is 14.0 Å². The second kappa shape index (κ2) is 10.2. The molecule has 164 valence electrons. The van der Waals surface area contributed by atoms with Crippen LogP contribution >= 0.6 is 0 Å². The van der Waals surface area contributed by atoms with Crippen LogP contribution in [0, 0.1) is 11.7 Å². The summed E-state index contributed by atoms with van der Waals surface area (Å²) in [6, 6.07) is 24.3. The van der Waals surface area contributed by atoms with Gasteiger partial charge in [-0.3, -0.25) is 14.5 Å². The highest BCUT2D eigenvalue weighted by Gasteiger charge is 2.33. The van der Waals surface area contributed by atoms with Gasteiger partial charge in [0, 0.05) is 17.3 Å². The Kier molecular flexibility index (Phi) is 6.92. The number of amides is 2. The van der Waals surface area contributed by atoms with Crippen LogP contribution in [0.25, 0.3) is 0 Å². The average Bonchev–Trinajstić information content (AvgIpc) is 2.82. The predicted molar refractivity (Wildman–Crippen MR) is 124 cm³/mol. The zero-order chi connectivity index (χ0) is 22.3. The number of likely N-dealkylation sites (tertiary alicyclic amines) is 1. The van der Waals surface area contributed by atoms with Gasteiger partial charge in [0.15, 0.2) is 0 Å². The van der Waals surface area contributed by atoms with Crippen LogP contribution in [0.3, 0.4) is 0 Å². The van der Waals surface area contributed by atoms with Crippen LogP contribution in [-0.4, -0.2) is 29.8 Å². The van der Waals surface area contributed by atoms with E-state index in [1.54, 1.807) is 12.1 Å². The highest BCUT2D eigenvalue weighted by atomic mass is 19.1. The normalized spacial score (nSPS) is 15.7. The van der Waals surface area contributed by atoms with Crippen molar-refractivity contribution in [2.45, 2.75) is 18.9 Å². The fourth-order valence-corrected chi connectivity index (χ4v) is 4.09. The van der Waals surface area contributed by atoms with Gasteiger partial charge in [0.2, 0.25) is 11.8 Å². The molecule has 0 unspecified atom stereocenters. The van der Waals surface area contributed by atoms with E-state index in [-0.39, 0.29) is 23.5 Å². The van der Waals surface area contributed by atoms with Gasteiger partial charge in [-0.1, -0.05) is 48.5 Å². The summed E-state index contributed by atoms with van der Waals surface area (Å²) < 4.78 is 13.2. The SMILES string of the molecule is O=C(Nc1ccccc1)C1CCN([C@@H](C(=O)Nc2ccc(F)cc2)c2ccccc2)CC1. The van der Waals surface area contributed by atoms with E-state index in [4.69, 9.17) is 0 Å². The highest BCUT2D eigenvalue weighted by molar-refractivity contribution is 5.95. The Labute approximate surface area is 187 Å². The fraction of sp³-hybridized carbons (Fsp3) is 0.231. The molecule has 1 aliphatic rings. The van der Waals surface area contributed by atoms with Gasteiger partial charge in [0.1, 0.15) is 11.9 Å². The lowest BCUT2D eigenvalue weighted by molar-refractivity contribution is -0.124. The van der Waals surface area contributed by atoms with Gasteiger partial charge in [0.05, 0.1) is 0 Å². The summed E-state index contributed by atoms with van der Waals surface area (Å²) in [5, 5.41) is 5.89. The number of hydrogen-bond acceptors (Lipinski definition) is 3. The summed E-state index contributed by atoms with van der Waals surface area (Å²) in [5.74, 6) is -0.598. The molecular formula is C26H26FN3O2. The largest absolute Gasteiger partial charge is 0.326 e. The molecule has 0 saturated carbocycles. The van der Waals surface area contributed by atoms with Crippen molar-refractivity contribution in [1.29, 1.82) is 0 Å². The van der Waals surface area contributed by atoms with Gasteiger partial charge in [-0.05, 0) is 67.9 Å². The second-order valence-electron chi connectivity index (χ2n) is 7.97. The van der Waals surface area contributed by atoms with Crippen LogP contribution in [0.1, 0.15) is 24.4 Å². The minimum atomic E-state index is -0.487. The summed E-state index contributed by atoms with van der Waals surface area (Å²) in [6.07, 6.45) is 1.34. The van der Waals surface area contributed by atoms with E-state index in [9.17, 15) is 14.0 Å². The molecule has 5 nitrogen and oxygen atoms in total. The maximum atomic E-state index is 13.2. The molecule has 1 atom stereocenters. The summed E-state index contributed by atoms with van der Waals surface area (Å²) in [5.41, 5.74) is 2.23. The first-order valence-electron chi connectivity index (χ1n) is 10.8. The second-order valence-corrected chi connectivity index (χ2v) is 7.97. The van der Waals surface area contributed by atoms with Crippen molar-refractivity contribution in [1.82, 2.24) is 4.90 Å². The first kappa shape index (κ1) is 21.7. The van der Waals surface area contributed by atoms with Gasteiger partial charge in [-0.25, -0.2) is 4.39 Å². The number of halogens is 1. The minimum Gasteiger partial charge on any atom is -0.326 e. The van der Waals surface area contributed by atoms with Crippen molar-refractivity contribution in [2.24, 2.45) is 5.92 Å². The highest BCUT2D eigenvalue weighted by Crippen LogP contribution is 2.29. The van der Waals surface area contributed by atoms with E-state index in [0.29, 0.717) is 31.6 Å². The van der Waals surface area contributed by atoms with Gasteiger partial charge < -0.3 is 10.6 Å². The number of para-hydroxylation sites is 1. The molecule has 0 bridgehead atoms. The molecule has 4 rings (SSSR count). The number of anilines is 2. The number of nitrogens with zero attached hydrogens (tertiary/aromatic N) is 1. The number of carbonyl (C=O) groups excluding carboxylic acids is 2. The Morgan fingerprint density at radius 1 is 0.781 bits per heavy atom. The molecule has 3 aromatic carbocycles. The Morgan fingerprint density at radius 2 is 1.34 bits per heavy atom. The Hall–Kier alpha value is -3.51. The number of benzene rings is 3. The van der Waals surface area contributed by atoms with E-state index in [1.807, 2.05) is 60.7 Å². The lowest BCUT2D eigenvalue weighted by Crippen LogP contribution is -2.44. The van der Waals surface area contributed by atoms with E-state index in [2.05, 4.69) is 15.5 Å². The topological polar surface area (TPSA) is 61.4 Å².